The monoisotopic (exact) mass is 345 g/mol. The third-order valence-electron chi connectivity index (χ3n) is 4.87. The maximum atomic E-state index is 12.1. The molecule has 6 nitrogen and oxygen atoms in total. The van der Waals surface area contributed by atoms with Gasteiger partial charge in [0.15, 0.2) is 0 Å². The zero-order valence-electron chi connectivity index (χ0n) is 13.7. The van der Waals surface area contributed by atoms with E-state index in [-0.39, 0.29) is 12.1 Å². The Bertz CT molecular complexity index is 699. The Balaban J connectivity index is 1.22. The molecule has 128 valence electrons. The van der Waals surface area contributed by atoms with E-state index in [2.05, 4.69) is 20.8 Å². The predicted molar refractivity (Wildman–Crippen MR) is 93.4 cm³/mol. The normalized spacial score (nSPS) is 19.4. The van der Waals surface area contributed by atoms with Crippen LogP contribution in [-0.4, -0.2) is 33.8 Å². The number of amides is 2. The predicted octanol–water partition coefficient (Wildman–Crippen LogP) is 2.14. The smallest absolute Gasteiger partial charge is 0.315 e. The molecule has 0 unspecified atom stereocenters. The quantitative estimate of drug-likeness (QED) is 0.794. The Morgan fingerprint density at radius 3 is 3.17 bits per heavy atom. The number of aryl methyl sites for hydroxylation is 3. The highest BCUT2D eigenvalue weighted by Crippen LogP contribution is 2.26. The second-order valence-corrected chi connectivity index (χ2v) is 7.82. The first-order valence-electron chi connectivity index (χ1n) is 8.81. The summed E-state index contributed by atoms with van der Waals surface area (Å²) in [5.41, 5.74) is 3.73. The number of carbonyl (C=O) groups excluding carboxylic acids is 1. The number of aromatic amines is 1. The zero-order chi connectivity index (χ0) is 16.4. The minimum absolute atomic E-state index is 0.0757. The lowest BCUT2D eigenvalue weighted by Crippen LogP contribution is -2.44. The lowest BCUT2D eigenvalue weighted by atomic mass is 9.94. The van der Waals surface area contributed by atoms with Gasteiger partial charge in [-0.15, -0.1) is 11.3 Å². The van der Waals surface area contributed by atoms with Crippen LogP contribution in [-0.2, 0) is 32.1 Å². The number of rotatable bonds is 4. The van der Waals surface area contributed by atoms with Crippen molar-refractivity contribution in [2.75, 3.05) is 6.54 Å². The van der Waals surface area contributed by atoms with E-state index in [9.17, 15) is 4.79 Å². The van der Waals surface area contributed by atoms with Crippen LogP contribution in [0.15, 0.2) is 6.20 Å². The van der Waals surface area contributed by atoms with E-state index >= 15 is 0 Å². The lowest BCUT2D eigenvalue weighted by Gasteiger charge is -2.22. The summed E-state index contributed by atoms with van der Waals surface area (Å²) >= 11 is 1.82. The fourth-order valence-corrected chi connectivity index (χ4v) is 4.73. The maximum absolute atomic E-state index is 12.1. The number of H-pyrrole nitrogens is 1. The Morgan fingerprint density at radius 2 is 2.25 bits per heavy atom. The van der Waals surface area contributed by atoms with Gasteiger partial charge in [-0.1, -0.05) is 0 Å². The second kappa shape index (κ2) is 6.93. The number of thiazole rings is 1. The molecule has 7 heteroatoms. The van der Waals surface area contributed by atoms with Crippen molar-refractivity contribution in [3.63, 3.8) is 0 Å². The molecular weight excluding hydrogens is 322 g/mol. The summed E-state index contributed by atoms with van der Waals surface area (Å²) in [5.74, 6) is 0. The van der Waals surface area contributed by atoms with Crippen LogP contribution >= 0.6 is 11.3 Å². The van der Waals surface area contributed by atoms with Gasteiger partial charge in [-0.05, 0) is 50.5 Å². The van der Waals surface area contributed by atoms with Crippen molar-refractivity contribution in [2.24, 2.45) is 0 Å². The van der Waals surface area contributed by atoms with E-state index < -0.39 is 0 Å². The van der Waals surface area contributed by atoms with Crippen molar-refractivity contribution < 1.29 is 4.79 Å². The van der Waals surface area contributed by atoms with Crippen LogP contribution in [0.1, 0.15) is 46.1 Å². The summed E-state index contributed by atoms with van der Waals surface area (Å²) in [6.45, 7) is 0.641. The summed E-state index contributed by atoms with van der Waals surface area (Å²) in [4.78, 5) is 18.3. The van der Waals surface area contributed by atoms with Gasteiger partial charge in [0.1, 0.15) is 0 Å². The van der Waals surface area contributed by atoms with E-state index in [0.717, 1.165) is 37.1 Å². The number of nitrogens with one attached hydrogen (secondary N) is 3. The molecule has 0 saturated heterocycles. The number of urea groups is 1. The number of fused-ring (bicyclic) bond motifs is 2. The van der Waals surface area contributed by atoms with Gasteiger partial charge < -0.3 is 10.6 Å². The summed E-state index contributed by atoms with van der Waals surface area (Å²) in [6, 6.07) is 0.121. The summed E-state index contributed by atoms with van der Waals surface area (Å²) in [5, 5.41) is 14.3. The fraction of sp³-hybridized carbons (Fsp3) is 0.588. The van der Waals surface area contributed by atoms with E-state index in [0.29, 0.717) is 6.54 Å². The molecule has 0 radical (unpaired) electrons. The topological polar surface area (TPSA) is 82.7 Å². The Hall–Kier alpha value is -1.89. The minimum Gasteiger partial charge on any atom is -0.338 e. The summed E-state index contributed by atoms with van der Waals surface area (Å²) in [6.07, 6.45) is 10.3. The SMILES string of the molecule is O=C(NCCc1nc2c(s1)CCCC2)N[C@@H]1CCc2[nH]ncc2C1. The van der Waals surface area contributed by atoms with Gasteiger partial charge >= 0.3 is 6.03 Å². The van der Waals surface area contributed by atoms with E-state index in [1.807, 2.05) is 17.5 Å². The molecule has 2 amide bonds. The average molecular weight is 345 g/mol. The fourth-order valence-electron chi connectivity index (χ4n) is 3.57. The second-order valence-electron chi connectivity index (χ2n) is 6.65. The van der Waals surface area contributed by atoms with Crippen LogP contribution in [0.4, 0.5) is 4.79 Å². The van der Waals surface area contributed by atoms with Gasteiger partial charge in [0.05, 0.1) is 16.9 Å². The van der Waals surface area contributed by atoms with Gasteiger partial charge in [0, 0.05) is 29.6 Å². The molecule has 2 aliphatic rings. The van der Waals surface area contributed by atoms with Gasteiger partial charge in [-0.25, -0.2) is 9.78 Å². The van der Waals surface area contributed by atoms with Crippen LogP contribution in [0.5, 0.6) is 0 Å². The van der Waals surface area contributed by atoms with E-state index in [4.69, 9.17) is 4.98 Å². The Labute approximate surface area is 145 Å². The number of aromatic nitrogens is 3. The molecule has 0 saturated carbocycles. The molecule has 2 aliphatic carbocycles. The Morgan fingerprint density at radius 1 is 1.33 bits per heavy atom. The maximum Gasteiger partial charge on any atom is 0.315 e. The van der Waals surface area contributed by atoms with Crippen molar-refractivity contribution in [3.05, 3.63) is 33.0 Å². The highest BCUT2D eigenvalue weighted by Gasteiger charge is 2.21. The number of nitrogens with zero attached hydrogens (tertiary/aromatic N) is 2. The van der Waals surface area contributed by atoms with Gasteiger partial charge in [-0.2, -0.15) is 5.10 Å². The number of hydrogen-bond donors (Lipinski definition) is 3. The standard InChI is InChI=1S/C17H23N5OS/c23-17(20-12-5-6-13-11(9-12)10-19-22-13)18-8-7-16-21-14-3-1-2-4-15(14)24-16/h10,12H,1-9H2,(H,19,22)(H2,18,20,23)/t12-/m1/s1. The third-order valence-corrected chi connectivity index (χ3v) is 6.08. The van der Waals surface area contributed by atoms with Crippen molar-refractivity contribution >= 4 is 17.4 Å². The first-order valence-corrected chi connectivity index (χ1v) is 9.62. The Kier molecular flexibility index (Phi) is 4.51. The zero-order valence-corrected chi connectivity index (χ0v) is 14.5. The van der Waals surface area contributed by atoms with E-state index in [1.54, 1.807) is 0 Å². The van der Waals surface area contributed by atoms with E-state index in [1.165, 1.54) is 41.1 Å². The van der Waals surface area contributed by atoms with Crippen molar-refractivity contribution in [1.29, 1.82) is 0 Å². The van der Waals surface area contributed by atoms with Gasteiger partial charge in [0.25, 0.3) is 0 Å². The third kappa shape index (κ3) is 3.45. The molecule has 4 rings (SSSR count). The van der Waals surface area contributed by atoms with Gasteiger partial charge in [0.2, 0.25) is 0 Å². The van der Waals surface area contributed by atoms with Crippen LogP contribution in [0.3, 0.4) is 0 Å². The average Bonchev–Trinajstić information content (AvgIpc) is 3.20. The highest BCUT2D eigenvalue weighted by atomic mass is 32.1. The lowest BCUT2D eigenvalue weighted by molar-refractivity contribution is 0.235. The largest absolute Gasteiger partial charge is 0.338 e. The van der Waals surface area contributed by atoms with Crippen LogP contribution in [0, 0.1) is 0 Å². The highest BCUT2D eigenvalue weighted by molar-refractivity contribution is 7.11. The van der Waals surface area contributed by atoms with Crippen LogP contribution < -0.4 is 10.6 Å². The summed E-state index contributed by atoms with van der Waals surface area (Å²) < 4.78 is 0. The first-order chi connectivity index (χ1) is 11.8. The van der Waals surface area contributed by atoms with Crippen molar-refractivity contribution in [2.45, 2.75) is 57.4 Å². The molecule has 24 heavy (non-hydrogen) atoms. The molecule has 0 bridgehead atoms. The molecule has 1 atom stereocenters. The molecular formula is C17H23N5OS. The minimum atomic E-state index is -0.0757. The van der Waals surface area contributed by atoms with Gasteiger partial charge in [-0.3, -0.25) is 5.10 Å². The molecule has 0 fully saturated rings. The molecule has 2 heterocycles. The first kappa shape index (κ1) is 15.6. The van der Waals surface area contributed by atoms with Crippen LogP contribution in [0.25, 0.3) is 0 Å². The van der Waals surface area contributed by atoms with Crippen LogP contribution in [0.2, 0.25) is 0 Å². The molecule has 0 spiro atoms. The molecule has 0 aromatic carbocycles. The molecule has 3 N–H and O–H groups in total. The number of carbonyl (C=O) groups is 1. The molecule has 2 aromatic heterocycles. The van der Waals surface area contributed by atoms with Crippen molar-refractivity contribution in [3.8, 4) is 0 Å². The van der Waals surface area contributed by atoms with Crippen molar-refractivity contribution in [1.82, 2.24) is 25.8 Å². The molecule has 0 aliphatic heterocycles. The molecule has 2 aromatic rings. The summed E-state index contributed by atoms with van der Waals surface area (Å²) in [7, 11) is 0. The number of hydrogen-bond acceptors (Lipinski definition) is 4.